The second-order valence-corrected chi connectivity index (χ2v) is 8.90. The van der Waals surface area contributed by atoms with Crippen molar-refractivity contribution >= 4 is 11.8 Å². The van der Waals surface area contributed by atoms with Crippen LogP contribution in [-0.4, -0.2) is 41.3 Å². The second-order valence-electron chi connectivity index (χ2n) is 8.90. The van der Waals surface area contributed by atoms with Crippen molar-refractivity contribution in [2.24, 2.45) is 17.3 Å². The summed E-state index contributed by atoms with van der Waals surface area (Å²) in [5.74, 6) is 1.12. The van der Waals surface area contributed by atoms with Gasteiger partial charge in [-0.05, 0) is 61.3 Å². The molecule has 2 fully saturated rings. The normalized spacial score (nSPS) is 22.4. The summed E-state index contributed by atoms with van der Waals surface area (Å²) < 4.78 is 0. The average Bonchev–Trinajstić information content (AvgIpc) is 3.51. The molecule has 2 amide bonds. The first-order valence-corrected chi connectivity index (χ1v) is 11.1. The maximum Gasteiger partial charge on any atom is 0.226 e. The first-order valence-electron chi connectivity index (χ1n) is 11.1. The summed E-state index contributed by atoms with van der Waals surface area (Å²) in [5, 5.41) is 3.06. The van der Waals surface area contributed by atoms with Crippen LogP contribution in [0.3, 0.4) is 0 Å². The van der Waals surface area contributed by atoms with Gasteiger partial charge < -0.3 is 10.2 Å². The highest BCUT2D eigenvalue weighted by molar-refractivity contribution is 5.85. The summed E-state index contributed by atoms with van der Waals surface area (Å²) in [7, 11) is 0. The topological polar surface area (TPSA) is 62.3 Å². The van der Waals surface area contributed by atoms with Gasteiger partial charge in [-0.3, -0.25) is 14.6 Å². The minimum atomic E-state index is -0.463. The molecule has 2 atom stereocenters. The predicted molar refractivity (Wildman–Crippen MR) is 118 cm³/mol. The molecule has 1 saturated carbocycles. The quantitative estimate of drug-likeness (QED) is 0.797. The number of hydrogen-bond acceptors (Lipinski definition) is 3. The molecule has 4 rings (SSSR count). The van der Waals surface area contributed by atoms with Crippen LogP contribution in [0.25, 0.3) is 11.1 Å². The molecular weight excluding hydrogens is 374 g/mol. The Morgan fingerprint density at radius 2 is 1.90 bits per heavy atom. The number of aromatic nitrogens is 1. The van der Waals surface area contributed by atoms with Crippen LogP contribution in [0.5, 0.6) is 0 Å². The SMILES string of the molecule is CCNC(=O)C1(Cc2cccc(-c3cccnc3)c2)CCN(C(=O)[C@H]2C[C@H]2C)CC1. The molecule has 0 radical (unpaired) electrons. The molecule has 0 spiro atoms. The third-order valence-electron chi connectivity index (χ3n) is 6.74. The first-order chi connectivity index (χ1) is 14.5. The number of likely N-dealkylation sites (tertiary alicyclic amines) is 1. The average molecular weight is 406 g/mol. The summed E-state index contributed by atoms with van der Waals surface area (Å²) >= 11 is 0. The number of rotatable bonds is 6. The molecule has 30 heavy (non-hydrogen) atoms. The van der Waals surface area contributed by atoms with E-state index in [1.807, 2.05) is 24.1 Å². The van der Waals surface area contributed by atoms with Crippen molar-refractivity contribution in [2.45, 2.75) is 39.5 Å². The van der Waals surface area contributed by atoms with E-state index in [4.69, 9.17) is 0 Å². The number of hydrogen-bond donors (Lipinski definition) is 1. The molecule has 1 aromatic carbocycles. The van der Waals surface area contributed by atoms with Gasteiger partial charge >= 0.3 is 0 Å². The highest BCUT2D eigenvalue weighted by atomic mass is 16.2. The molecule has 1 saturated heterocycles. The van der Waals surface area contributed by atoms with Crippen LogP contribution in [0.4, 0.5) is 0 Å². The Kier molecular flexibility index (Phi) is 5.89. The van der Waals surface area contributed by atoms with Crippen LogP contribution in [0.2, 0.25) is 0 Å². The Hall–Kier alpha value is -2.69. The van der Waals surface area contributed by atoms with E-state index in [1.54, 1.807) is 6.20 Å². The number of nitrogens with one attached hydrogen (secondary N) is 1. The van der Waals surface area contributed by atoms with Crippen molar-refractivity contribution in [3.8, 4) is 11.1 Å². The third kappa shape index (κ3) is 4.25. The number of piperidine rings is 1. The Balaban J connectivity index is 1.52. The van der Waals surface area contributed by atoms with Gasteiger partial charge in [0.15, 0.2) is 0 Å². The standard InChI is InChI=1S/C25H31N3O2/c1-3-27-24(30)25(9-12-28(13-10-25)23(29)22-14-18(22)2)16-19-6-4-7-20(15-19)21-8-5-11-26-17-21/h4-8,11,15,17-18,22H,3,9-10,12-14,16H2,1-2H3,(H,27,30)/t18-,22+/m1/s1. The van der Waals surface area contributed by atoms with Gasteiger partial charge in [0, 0.05) is 37.9 Å². The minimum Gasteiger partial charge on any atom is -0.356 e. The van der Waals surface area contributed by atoms with E-state index in [0.29, 0.717) is 44.8 Å². The highest BCUT2D eigenvalue weighted by Gasteiger charge is 2.46. The number of benzene rings is 1. The molecule has 2 heterocycles. The molecule has 5 nitrogen and oxygen atoms in total. The first kappa shape index (κ1) is 20.6. The van der Waals surface area contributed by atoms with E-state index in [-0.39, 0.29) is 17.7 Å². The molecule has 0 bridgehead atoms. The van der Waals surface area contributed by atoms with Gasteiger partial charge in [-0.2, -0.15) is 0 Å². The van der Waals surface area contributed by atoms with Crippen molar-refractivity contribution in [1.29, 1.82) is 0 Å². The zero-order valence-electron chi connectivity index (χ0n) is 17.9. The lowest BCUT2D eigenvalue weighted by Crippen LogP contribution is -2.51. The third-order valence-corrected chi connectivity index (χ3v) is 6.74. The van der Waals surface area contributed by atoms with Gasteiger partial charge in [-0.1, -0.05) is 37.3 Å². The fourth-order valence-corrected chi connectivity index (χ4v) is 4.67. The zero-order valence-corrected chi connectivity index (χ0v) is 17.9. The van der Waals surface area contributed by atoms with Crippen molar-refractivity contribution in [2.75, 3.05) is 19.6 Å². The van der Waals surface area contributed by atoms with Gasteiger partial charge in [0.2, 0.25) is 11.8 Å². The van der Waals surface area contributed by atoms with Crippen LogP contribution in [0, 0.1) is 17.3 Å². The highest BCUT2D eigenvalue weighted by Crippen LogP contribution is 2.42. The van der Waals surface area contributed by atoms with Crippen LogP contribution in [-0.2, 0) is 16.0 Å². The van der Waals surface area contributed by atoms with Gasteiger partial charge in [0.05, 0.1) is 5.41 Å². The van der Waals surface area contributed by atoms with Crippen LogP contribution >= 0.6 is 0 Å². The van der Waals surface area contributed by atoms with E-state index < -0.39 is 5.41 Å². The smallest absolute Gasteiger partial charge is 0.226 e. The van der Waals surface area contributed by atoms with E-state index in [2.05, 4.69) is 47.6 Å². The van der Waals surface area contributed by atoms with Crippen LogP contribution in [0.1, 0.15) is 38.7 Å². The lowest BCUT2D eigenvalue weighted by molar-refractivity contribution is -0.141. The lowest BCUT2D eigenvalue weighted by Gasteiger charge is -2.41. The number of nitrogens with zero attached hydrogens (tertiary/aromatic N) is 2. The van der Waals surface area contributed by atoms with Crippen LogP contribution in [0.15, 0.2) is 48.8 Å². The van der Waals surface area contributed by atoms with E-state index in [1.165, 1.54) is 0 Å². The number of carbonyl (C=O) groups excluding carboxylic acids is 2. The number of amides is 2. The van der Waals surface area contributed by atoms with Gasteiger partial charge in [-0.15, -0.1) is 0 Å². The fraction of sp³-hybridized carbons (Fsp3) is 0.480. The Morgan fingerprint density at radius 3 is 2.53 bits per heavy atom. The molecule has 1 aliphatic heterocycles. The summed E-state index contributed by atoms with van der Waals surface area (Å²) in [4.78, 5) is 32.0. The zero-order chi connectivity index (χ0) is 21.1. The molecule has 1 aromatic heterocycles. The van der Waals surface area contributed by atoms with Crippen molar-refractivity contribution in [3.05, 3.63) is 54.4 Å². The maximum absolute atomic E-state index is 13.1. The van der Waals surface area contributed by atoms with E-state index >= 15 is 0 Å². The van der Waals surface area contributed by atoms with Crippen LogP contribution < -0.4 is 5.32 Å². The molecule has 2 aliphatic rings. The lowest BCUT2D eigenvalue weighted by atomic mass is 9.72. The van der Waals surface area contributed by atoms with Crippen molar-refractivity contribution < 1.29 is 9.59 Å². The Labute approximate surface area is 178 Å². The second kappa shape index (κ2) is 8.58. The molecule has 5 heteroatoms. The molecular formula is C25H31N3O2. The Bertz CT molecular complexity index is 904. The van der Waals surface area contributed by atoms with E-state index in [9.17, 15) is 9.59 Å². The number of carbonyl (C=O) groups is 2. The predicted octanol–water partition coefficient (Wildman–Crippen LogP) is 3.69. The summed E-state index contributed by atoms with van der Waals surface area (Å²) in [6, 6.07) is 12.4. The maximum atomic E-state index is 13.1. The number of pyridine rings is 1. The molecule has 158 valence electrons. The van der Waals surface area contributed by atoms with E-state index in [0.717, 1.165) is 23.1 Å². The summed E-state index contributed by atoms with van der Waals surface area (Å²) in [6.45, 7) is 6.06. The van der Waals surface area contributed by atoms with Crippen molar-refractivity contribution in [3.63, 3.8) is 0 Å². The minimum absolute atomic E-state index is 0.115. The molecule has 1 N–H and O–H groups in total. The summed E-state index contributed by atoms with van der Waals surface area (Å²) in [5.41, 5.74) is 2.88. The monoisotopic (exact) mass is 405 g/mol. The fourth-order valence-electron chi connectivity index (χ4n) is 4.67. The largest absolute Gasteiger partial charge is 0.356 e. The molecule has 0 unspecified atom stereocenters. The molecule has 1 aliphatic carbocycles. The van der Waals surface area contributed by atoms with Gasteiger partial charge in [0.1, 0.15) is 0 Å². The van der Waals surface area contributed by atoms with Crippen molar-refractivity contribution in [1.82, 2.24) is 15.2 Å². The molecule has 2 aromatic rings. The summed E-state index contributed by atoms with van der Waals surface area (Å²) in [6.07, 6.45) is 6.76. The van der Waals surface area contributed by atoms with Gasteiger partial charge in [-0.25, -0.2) is 0 Å². The van der Waals surface area contributed by atoms with Gasteiger partial charge in [0.25, 0.3) is 0 Å². The Morgan fingerprint density at radius 1 is 1.17 bits per heavy atom.